The lowest BCUT2D eigenvalue weighted by molar-refractivity contribution is 0.0860. The van der Waals surface area contributed by atoms with E-state index in [-0.39, 0.29) is 17.7 Å². The van der Waals surface area contributed by atoms with Crippen LogP contribution in [0.25, 0.3) is 10.9 Å². The van der Waals surface area contributed by atoms with Gasteiger partial charge in [-0.1, -0.05) is 25.1 Å². The molecular formula is C23H31N7O2. The number of ether oxygens (including phenoxy) is 1. The fraction of sp³-hybridized carbons (Fsp3) is 0.565. The molecule has 5 rings (SSSR count). The Morgan fingerprint density at radius 2 is 2.09 bits per heavy atom. The number of benzene rings is 1. The van der Waals surface area contributed by atoms with Crippen LogP contribution in [0.4, 0.5) is 0 Å². The second-order valence-corrected chi connectivity index (χ2v) is 8.82. The number of para-hydroxylation sites is 1. The van der Waals surface area contributed by atoms with Crippen molar-refractivity contribution in [1.29, 1.82) is 0 Å². The summed E-state index contributed by atoms with van der Waals surface area (Å²) in [4.78, 5) is 21.2. The number of aryl methyl sites for hydroxylation is 1. The summed E-state index contributed by atoms with van der Waals surface area (Å²) in [6.07, 6.45) is 2.19. The molecule has 3 aromatic rings. The number of nitrogens with one attached hydrogen (secondary N) is 1. The average molecular weight is 438 g/mol. The molecule has 0 spiro atoms. The van der Waals surface area contributed by atoms with Crippen molar-refractivity contribution in [3.05, 3.63) is 51.6 Å². The van der Waals surface area contributed by atoms with Gasteiger partial charge in [-0.25, -0.2) is 4.68 Å². The van der Waals surface area contributed by atoms with Crippen LogP contribution < -0.4 is 5.56 Å². The monoisotopic (exact) mass is 437 g/mol. The predicted octanol–water partition coefficient (Wildman–Crippen LogP) is 1.73. The predicted molar refractivity (Wildman–Crippen MR) is 122 cm³/mol. The molecule has 0 aliphatic carbocycles. The van der Waals surface area contributed by atoms with Crippen LogP contribution in [-0.2, 0) is 11.3 Å². The van der Waals surface area contributed by atoms with Crippen molar-refractivity contribution >= 4 is 10.9 Å². The van der Waals surface area contributed by atoms with Crippen molar-refractivity contribution in [2.24, 2.45) is 0 Å². The Hall–Kier alpha value is -2.62. The van der Waals surface area contributed by atoms with Gasteiger partial charge in [-0.2, -0.15) is 0 Å². The van der Waals surface area contributed by atoms with Crippen LogP contribution in [0, 0.1) is 6.92 Å². The van der Waals surface area contributed by atoms with Crippen molar-refractivity contribution in [2.75, 3.05) is 39.3 Å². The molecule has 9 heteroatoms. The Balaban J connectivity index is 1.57. The maximum Gasteiger partial charge on any atom is 0.253 e. The fourth-order valence-electron chi connectivity index (χ4n) is 4.96. The first-order valence-corrected chi connectivity index (χ1v) is 11.6. The number of aromatic amines is 1. The highest BCUT2D eigenvalue weighted by molar-refractivity contribution is 5.82. The first-order valence-electron chi connectivity index (χ1n) is 11.6. The molecule has 2 saturated heterocycles. The number of tetrazole rings is 1. The lowest BCUT2D eigenvalue weighted by Gasteiger charge is -2.38. The lowest BCUT2D eigenvalue weighted by Crippen LogP contribution is -2.49. The number of likely N-dealkylation sites (N-methyl/N-ethyl adjacent to an activating group) is 1. The maximum absolute atomic E-state index is 13.3. The number of pyridine rings is 1. The molecule has 4 heterocycles. The van der Waals surface area contributed by atoms with Gasteiger partial charge < -0.3 is 14.6 Å². The number of hydrogen-bond donors (Lipinski definition) is 1. The van der Waals surface area contributed by atoms with E-state index in [4.69, 9.17) is 4.74 Å². The topological polar surface area (TPSA) is 92.2 Å². The van der Waals surface area contributed by atoms with Crippen molar-refractivity contribution in [3.8, 4) is 0 Å². The van der Waals surface area contributed by atoms with Gasteiger partial charge in [0.25, 0.3) is 5.56 Å². The molecule has 2 unspecified atom stereocenters. The molecule has 32 heavy (non-hydrogen) atoms. The summed E-state index contributed by atoms with van der Waals surface area (Å²) in [7, 11) is 0. The van der Waals surface area contributed by atoms with Gasteiger partial charge in [0.1, 0.15) is 6.04 Å². The summed E-state index contributed by atoms with van der Waals surface area (Å²) in [5.41, 5.74) is 2.55. The second kappa shape index (κ2) is 9.09. The zero-order valence-corrected chi connectivity index (χ0v) is 18.8. The third-order valence-corrected chi connectivity index (χ3v) is 6.84. The van der Waals surface area contributed by atoms with Crippen LogP contribution in [-0.4, -0.2) is 80.4 Å². The van der Waals surface area contributed by atoms with E-state index in [2.05, 4.69) is 37.2 Å². The Morgan fingerprint density at radius 1 is 1.25 bits per heavy atom. The molecule has 170 valence electrons. The van der Waals surface area contributed by atoms with Gasteiger partial charge >= 0.3 is 0 Å². The Labute approximate surface area is 187 Å². The minimum absolute atomic E-state index is 0.0820. The van der Waals surface area contributed by atoms with Gasteiger partial charge in [0.15, 0.2) is 5.82 Å². The highest BCUT2D eigenvalue weighted by Crippen LogP contribution is 2.29. The normalized spacial score (nSPS) is 21.4. The number of H-pyrrole nitrogens is 1. The standard InChI is InChI=1S/C23H31N7O2/c1-3-28-9-11-29(12-10-28)21(22-25-26-27-30(22)15-18-8-5-13-32-18)19-14-17-7-4-6-16(2)20(17)24-23(19)31/h4,6-7,14,18,21H,3,5,8-13,15H2,1-2H3,(H,24,31). The highest BCUT2D eigenvalue weighted by atomic mass is 16.5. The van der Waals surface area contributed by atoms with Crippen LogP contribution in [0.3, 0.4) is 0 Å². The maximum atomic E-state index is 13.3. The van der Waals surface area contributed by atoms with Gasteiger partial charge in [-0.3, -0.25) is 9.69 Å². The van der Waals surface area contributed by atoms with Crippen molar-refractivity contribution in [1.82, 2.24) is 35.0 Å². The molecule has 2 aromatic heterocycles. The first-order chi connectivity index (χ1) is 15.6. The Bertz CT molecular complexity index is 1130. The minimum Gasteiger partial charge on any atom is -0.376 e. The van der Waals surface area contributed by atoms with Crippen molar-refractivity contribution in [2.45, 2.75) is 45.4 Å². The van der Waals surface area contributed by atoms with Crippen LogP contribution in [0.15, 0.2) is 29.1 Å². The summed E-state index contributed by atoms with van der Waals surface area (Å²) >= 11 is 0. The van der Waals surface area contributed by atoms with Gasteiger partial charge in [0.2, 0.25) is 0 Å². The van der Waals surface area contributed by atoms with Crippen LogP contribution >= 0.6 is 0 Å². The van der Waals surface area contributed by atoms with Gasteiger partial charge in [0, 0.05) is 38.3 Å². The molecule has 0 bridgehead atoms. The smallest absolute Gasteiger partial charge is 0.253 e. The number of hydrogen-bond acceptors (Lipinski definition) is 7. The summed E-state index contributed by atoms with van der Waals surface area (Å²) in [6, 6.07) is 7.79. The Morgan fingerprint density at radius 3 is 2.84 bits per heavy atom. The van der Waals surface area contributed by atoms with Gasteiger partial charge in [0.05, 0.1) is 18.2 Å². The first kappa shape index (κ1) is 21.2. The molecule has 0 amide bonds. The molecule has 0 saturated carbocycles. The van der Waals surface area contributed by atoms with Crippen LogP contribution in [0.1, 0.15) is 42.8 Å². The number of rotatable bonds is 6. The molecule has 0 radical (unpaired) electrons. The molecule has 1 aromatic carbocycles. The molecule has 2 aliphatic heterocycles. The zero-order valence-electron chi connectivity index (χ0n) is 18.8. The number of aromatic nitrogens is 5. The van der Waals surface area contributed by atoms with Gasteiger partial charge in [-0.05, 0) is 53.8 Å². The summed E-state index contributed by atoms with van der Waals surface area (Å²) in [5, 5.41) is 13.7. The van der Waals surface area contributed by atoms with Crippen molar-refractivity contribution in [3.63, 3.8) is 0 Å². The number of fused-ring (bicyclic) bond motifs is 1. The summed E-state index contributed by atoms with van der Waals surface area (Å²) in [6.45, 7) is 10.3. The minimum atomic E-state index is -0.306. The van der Waals surface area contributed by atoms with Crippen LogP contribution in [0.5, 0.6) is 0 Å². The van der Waals surface area contributed by atoms with E-state index in [0.717, 1.165) is 68.6 Å². The summed E-state index contributed by atoms with van der Waals surface area (Å²) < 4.78 is 7.67. The van der Waals surface area contributed by atoms with Gasteiger partial charge in [-0.15, -0.1) is 5.10 Å². The zero-order chi connectivity index (χ0) is 22.1. The summed E-state index contributed by atoms with van der Waals surface area (Å²) in [5.74, 6) is 0.711. The molecule has 2 aliphatic rings. The molecule has 9 nitrogen and oxygen atoms in total. The fourth-order valence-corrected chi connectivity index (χ4v) is 4.96. The van der Waals surface area contributed by atoms with E-state index in [1.807, 2.05) is 35.9 Å². The molecule has 2 fully saturated rings. The highest BCUT2D eigenvalue weighted by Gasteiger charge is 2.33. The lowest BCUT2D eigenvalue weighted by atomic mass is 10.0. The second-order valence-electron chi connectivity index (χ2n) is 8.82. The largest absolute Gasteiger partial charge is 0.376 e. The van der Waals surface area contributed by atoms with E-state index >= 15 is 0 Å². The SMILES string of the molecule is CCN1CCN(C(c2cc3cccc(C)c3[nH]c2=O)c2nnnn2CC2CCCO2)CC1. The molecular weight excluding hydrogens is 406 g/mol. The van der Waals surface area contributed by atoms with E-state index < -0.39 is 0 Å². The van der Waals surface area contributed by atoms with E-state index in [0.29, 0.717) is 17.9 Å². The molecule has 2 atom stereocenters. The van der Waals surface area contributed by atoms with E-state index in [9.17, 15) is 4.79 Å². The Kier molecular flexibility index (Phi) is 6.03. The van der Waals surface area contributed by atoms with E-state index in [1.165, 1.54) is 0 Å². The quantitative estimate of drug-likeness (QED) is 0.628. The third kappa shape index (κ3) is 4.07. The number of piperazine rings is 1. The van der Waals surface area contributed by atoms with Crippen LogP contribution in [0.2, 0.25) is 0 Å². The van der Waals surface area contributed by atoms with Crippen molar-refractivity contribution < 1.29 is 4.74 Å². The average Bonchev–Trinajstić information content (AvgIpc) is 3.48. The van der Waals surface area contributed by atoms with E-state index in [1.54, 1.807) is 0 Å². The molecule has 1 N–H and O–H groups in total. The number of nitrogens with zero attached hydrogens (tertiary/aromatic N) is 6. The third-order valence-electron chi connectivity index (χ3n) is 6.84.